The van der Waals surface area contributed by atoms with Gasteiger partial charge in [-0.1, -0.05) is 24.3 Å². The van der Waals surface area contributed by atoms with Gasteiger partial charge in [-0.05, 0) is 36.3 Å². The number of benzene rings is 2. The third-order valence-electron chi connectivity index (χ3n) is 3.87. The van der Waals surface area contributed by atoms with Gasteiger partial charge in [0.25, 0.3) is 0 Å². The van der Waals surface area contributed by atoms with Crippen LogP contribution in [0.2, 0.25) is 0 Å². The van der Waals surface area contributed by atoms with Crippen LogP contribution in [-0.2, 0) is 11.2 Å². The van der Waals surface area contributed by atoms with Gasteiger partial charge in [0.05, 0.1) is 14.2 Å². The van der Waals surface area contributed by atoms with Gasteiger partial charge in [0, 0.05) is 25.2 Å². The number of amides is 1. The van der Waals surface area contributed by atoms with Crippen molar-refractivity contribution in [2.45, 2.75) is 6.42 Å². The Labute approximate surface area is 147 Å². The van der Waals surface area contributed by atoms with Gasteiger partial charge in [0.15, 0.2) is 11.5 Å². The minimum Gasteiger partial charge on any atom is -0.493 e. The zero-order chi connectivity index (χ0) is 18.2. The maximum atomic E-state index is 13.5. The van der Waals surface area contributed by atoms with E-state index in [4.69, 9.17) is 9.47 Å². The van der Waals surface area contributed by atoms with Gasteiger partial charge in [0.1, 0.15) is 5.82 Å². The molecule has 0 N–H and O–H groups in total. The summed E-state index contributed by atoms with van der Waals surface area (Å²) in [7, 11) is 4.89. The molecule has 132 valence electrons. The summed E-state index contributed by atoms with van der Waals surface area (Å²) >= 11 is 0. The Balaban J connectivity index is 1.94. The van der Waals surface area contributed by atoms with Crippen LogP contribution >= 0.6 is 0 Å². The number of rotatable bonds is 7. The van der Waals surface area contributed by atoms with Gasteiger partial charge in [0.2, 0.25) is 5.91 Å². The first-order valence-corrected chi connectivity index (χ1v) is 7.93. The first kappa shape index (κ1) is 18.5. The van der Waals surface area contributed by atoms with Crippen molar-refractivity contribution in [1.29, 1.82) is 0 Å². The molecule has 0 spiro atoms. The molecule has 1 amide bonds. The van der Waals surface area contributed by atoms with Crippen LogP contribution in [0.3, 0.4) is 0 Å². The molecule has 0 aliphatic rings. The second kappa shape index (κ2) is 8.87. The van der Waals surface area contributed by atoms with Gasteiger partial charge in [-0.25, -0.2) is 4.39 Å². The molecule has 2 aromatic rings. The molecule has 2 rings (SSSR count). The van der Waals surface area contributed by atoms with Crippen molar-refractivity contribution in [3.8, 4) is 11.5 Å². The molecule has 0 heterocycles. The van der Waals surface area contributed by atoms with Crippen molar-refractivity contribution in [3.63, 3.8) is 0 Å². The number of carbonyl (C=O) groups excluding carboxylic acids is 1. The van der Waals surface area contributed by atoms with E-state index in [1.54, 1.807) is 44.4 Å². The van der Waals surface area contributed by atoms with Crippen LogP contribution in [0.5, 0.6) is 11.5 Å². The summed E-state index contributed by atoms with van der Waals surface area (Å²) in [5, 5.41) is 0. The van der Waals surface area contributed by atoms with Crippen molar-refractivity contribution in [2.24, 2.45) is 0 Å². The van der Waals surface area contributed by atoms with E-state index in [-0.39, 0.29) is 11.7 Å². The standard InChI is InChI=1S/C20H22FNO3/c1-22(20(23)11-9-16-6-4-5-7-17(16)21)13-12-15-8-10-18(24-2)19(14-15)25-3/h4-11,14H,12-13H2,1-3H3/b11-9+. The van der Waals surface area contributed by atoms with Crippen molar-refractivity contribution in [1.82, 2.24) is 4.90 Å². The van der Waals surface area contributed by atoms with E-state index in [1.807, 2.05) is 18.2 Å². The molecular weight excluding hydrogens is 321 g/mol. The quantitative estimate of drug-likeness (QED) is 0.722. The SMILES string of the molecule is COc1ccc(CCN(C)C(=O)/C=C/c2ccccc2F)cc1OC. The average Bonchev–Trinajstić information content (AvgIpc) is 2.64. The van der Waals surface area contributed by atoms with Crippen LogP contribution in [-0.4, -0.2) is 38.6 Å². The minimum atomic E-state index is -0.348. The summed E-state index contributed by atoms with van der Waals surface area (Å²) in [5.41, 5.74) is 1.43. The molecule has 0 aliphatic heterocycles. The summed E-state index contributed by atoms with van der Waals surface area (Å²) in [6.07, 6.45) is 3.55. The van der Waals surface area contributed by atoms with Crippen LogP contribution in [0.4, 0.5) is 4.39 Å². The maximum absolute atomic E-state index is 13.5. The normalized spacial score (nSPS) is 10.7. The highest BCUT2D eigenvalue weighted by atomic mass is 19.1. The second-order valence-corrected chi connectivity index (χ2v) is 5.55. The fraction of sp³-hybridized carbons (Fsp3) is 0.250. The molecule has 0 aliphatic carbocycles. The first-order valence-electron chi connectivity index (χ1n) is 7.93. The van der Waals surface area contributed by atoms with E-state index in [1.165, 1.54) is 18.2 Å². The second-order valence-electron chi connectivity index (χ2n) is 5.55. The first-order chi connectivity index (χ1) is 12.0. The van der Waals surface area contributed by atoms with E-state index in [0.29, 0.717) is 30.0 Å². The number of carbonyl (C=O) groups is 1. The predicted molar refractivity (Wildman–Crippen MR) is 96.3 cm³/mol. The Morgan fingerprint density at radius 3 is 2.52 bits per heavy atom. The summed E-state index contributed by atoms with van der Waals surface area (Å²) in [6.45, 7) is 0.538. The number of methoxy groups -OCH3 is 2. The lowest BCUT2D eigenvalue weighted by molar-refractivity contribution is -0.124. The van der Waals surface area contributed by atoms with Crippen LogP contribution in [0.15, 0.2) is 48.5 Å². The summed E-state index contributed by atoms with van der Waals surface area (Å²) < 4.78 is 24.0. The molecule has 25 heavy (non-hydrogen) atoms. The van der Waals surface area contributed by atoms with Crippen LogP contribution in [0.1, 0.15) is 11.1 Å². The molecule has 0 fully saturated rings. The minimum absolute atomic E-state index is 0.177. The van der Waals surface area contributed by atoms with E-state index in [2.05, 4.69) is 0 Å². The maximum Gasteiger partial charge on any atom is 0.246 e. The highest BCUT2D eigenvalue weighted by Gasteiger charge is 2.08. The van der Waals surface area contributed by atoms with Crippen LogP contribution in [0.25, 0.3) is 6.08 Å². The van der Waals surface area contributed by atoms with E-state index in [9.17, 15) is 9.18 Å². The highest BCUT2D eigenvalue weighted by Crippen LogP contribution is 2.27. The molecule has 4 nitrogen and oxygen atoms in total. The lowest BCUT2D eigenvalue weighted by atomic mass is 10.1. The topological polar surface area (TPSA) is 38.8 Å². The molecule has 0 aromatic heterocycles. The zero-order valence-electron chi connectivity index (χ0n) is 14.7. The smallest absolute Gasteiger partial charge is 0.246 e. The molecule has 0 radical (unpaired) electrons. The lowest BCUT2D eigenvalue weighted by Gasteiger charge is -2.16. The van der Waals surface area contributed by atoms with Crippen molar-refractivity contribution < 1.29 is 18.7 Å². The fourth-order valence-corrected chi connectivity index (χ4v) is 2.34. The van der Waals surface area contributed by atoms with Crippen molar-refractivity contribution in [3.05, 3.63) is 65.5 Å². The van der Waals surface area contributed by atoms with E-state index < -0.39 is 0 Å². The molecule has 5 heteroatoms. The lowest BCUT2D eigenvalue weighted by Crippen LogP contribution is -2.27. The molecular formula is C20H22FNO3. The number of halogens is 1. The summed E-state index contributed by atoms with van der Waals surface area (Å²) in [5.74, 6) is 0.806. The Morgan fingerprint density at radius 2 is 1.84 bits per heavy atom. The number of ether oxygens (including phenoxy) is 2. The number of likely N-dealkylation sites (N-methyl/N-ethyl adjacent to an activating group) is 1. The number of hydrogen-bond donors (Lipinski definition) is 0. The Hall–Kier alpha value is -2.82. The van der Waals surface area contributed by atoms with Crippen molar-refractivity contribution in [2.75, 3.05) is 27.8 Å². The third-order valence-corrected chi connectivity index (χ3v) is 3.87. The van der Waals surface area contributed by atoms with Crippen LogP contribution < -0.4 is 9.47 Å². The monoisotopic (exact) mass is 343 g/mol. The van der Waals surface area contributed by atoms with Gasteiger partial charge in [-0.15, -0.1) is 0 Å². The predicted octanol–water partition coefficient (Wildman–Crippen LogP) is 3.56. The molecule has 0 unspecified atom stereocenters. The van der Waals surface area contributed by atoms with Gasteiger partial charge in [-0.2, -0.15) is 0 Å². The Bertz CT molecular complexity index is 758. The molecule has 0 atom stereocenters. The Morgan fingerprint density at radius 1 is 1.12 bits per heavy atom. The molecule has 0 bridgehead atoms. The van der Waals surface area contributed by atoms with Crippen molar-refractivity contribution >= 4 is 12.0 Å². The summed E-state index contributed by atoms with van der Waals surface area (Å²) in [6, 6.07) is 12.0. The van der Waals surface area contributed by atoms with Gasteiger partial charge in [-0.3, -0.25) is 4.79 Å². The Kier molecular flexibility index (Phi) is 6.57. The fourth-order valence-electron chi connectivity index (χ4n) is 2.34. The highest BCUT2D eigenvalue weighted by molar-refractivity contribution is 5.91. The van der Waals surface area contributed by atoms with Gasteiger partial charge >= 0.3 is 0 Å². The number of nitrogens with zero attached hydrogens (tertiary/aromatic N) is 1. The van der Waals surface area contributed by atoms with E-state index in [0.717, 1.165) is 5.56 Å². The summed E-state index contributed by atoms with van der Waals surface area (Å²) in [4.78, 5) is 13.7. The van der Waals surface area contributed by atoms with E-state index >= 15 is 0 Å². The molecule has 0 saturated carbocycles. The van der Waals surface area contributed by atoms with Crippen LogP contribution in [0, 0.1) is 5.82 Å². The van der Waals surface area contributed by atoms with Gasteiger partial charge < -0.3 is 14.4 Å². The average molecular weight is 343 g/mol. The zero-order valence-corrected chi connectivity index (χ0v) is 14.7. The molecule has 2 aromatic carbocycles. The number of hydrogen-bond acceptors (Lipinski definition) is 3. The largest absolute Gasteiger partial charge is 0.493 e. The molecule has 0 saturated heterocycles. The third kappa shape index (κ3) is 5.08.